The minimum absolute atomic E-state index is 0.259. The van der Waals surface area contributed by atoms with E-state index in [2.05, 4.69) is 20.9 Å². The van der Waals surface area contributed by atoms with Crippen molar-refractivity contribution in [1.82, 2.24) is 4.98 Å². The lowest BCUT2D eigenvalue weighted by Crippen LogP contribution is -2.18. The second-order valence-corrected chi connectivity index (χ2v) is 5.53. The van der Waals surface area contributed by atoms with Crippen LogP contribution in [-0.2, 0) is 6.54 Å². The summed E-state index contributed by atoms with van der Waals surface area (Å²) in [4.78, 5) is 6.38. The van der Waals surface area contributed by atoms with Gasteiger partial charge in [0, 0.05) is 24.3 Å². The zero-order chi connectivity index (χ0) is 14.7. The highest BCUT2D eigenvalue weighted by Crippen LogP contribution is 2.23. The molecule has 0 N–H and O–H groups in total. The Morgan fingerprint density at radius 1 is 1.35 bits per heavy atom. The van der Waals surface area contributed by atoms with E-state index >= 15 is 0 Å². The van der Waals surface area contributed by atoms with Crippen molar-refractivity contribution in [2.24, 2.45) is 0 Å². The first-order chi connectivity index (χ1) is 9.51. The number of aryl methyl sites for hydroxylation is 1. The number of nitrogens with zero attached hydrogens (tertiary/aromatic N) is 2. The summed E-state index contributed by atoms with van der Waals surface area (Å²) in [7, 11) is 3.39. The number of methoxy groups -OCH3 is 1. The van der Waals surface area contributed by atoms with E-state index in [1.807, 2.05) is 31.0 Å². The minimum atomic E-state index is -0.348. The summed E-state index contributed by atoms with van der Waals surface area (Å²) in [5.74, 6) is 0.790. The normalized spacial score (nSPS) is 10.4. The molecule has 1 aromatic carbocycles. The molecule has 5 heteroatoms. The maximum Gasteiger partial charge on any atom is 0.165 e. The Labute approximate surface area is 126 Å². The van der Waals surface area contributed by atoms with Gasteiger partial charge in [0.15, 0.2) is 11.6 Å². The van der Waals surface area contributed by atoms with Crippen molar-refractivity contribution in [3.05, 3.63) is 51.9 Å². The number of pyridine rings is 1. The molecular weight excluding hydrogens is 323 g/mol. The molecule has 0 aliphatic heterocycles. The van der Waals surface area contributed by atoms with E-state index in [4.69, 9.17) is 4.74 Å². The van der Waals surface area contributed by atoms with Crippen molar-refractivity contribution >= 4 is 21.7 Å². The van der Waals surface area contributed by atoms with E-state index in [0.717, 1.165) is 21.4 Å². The highest BCUT2D eigenvalue weighted by molar-refractivity contribution is 9.10. The summed E-state index contributed by atoms with van der Waals surface area (Å²) in [5, 5.41) is 0. The zero-order valence-electron chi connectivity index (χ0n) is 11.7. The molecule has 0 bridgehead atoms. The van der Waals surface area contributed by atoms with Gasteiger partial charge in [-0.25, -0.2) is 9.37 Å². The van der Waals surface area contributed by atoms with Crippen molar-refractivity contribution in [3.8, 4) is 5.75 Å². The fraction of sp³-hybridized carbons (Fsp3) is 0.267. The molecule has 106 valence electrons. The average Bonchev–Trinajstić information content (AvgIpc) is 2.38. The SMILES string of the molecule is COc1ccc(CN(C)c2ncc(Br)cc2C)cc1F. The molecule has 0 saturated heterocycles. The Hall–Kier alpha value is -1.62. The van der Waals surface area contributed by atoms with Crippen LogP contribution >= 0.6 is 15.9 Å². The van der Waals surface area contributed by atoms with Gasteiger partial charge in [0.25, 0.3) is 0 Å². The molecule has 0 aliphatic rings. The molecule has 1 aromatic heterocycles. The average molecular weight is 339 g/mol. The van der Waals surface area contributed by atoms with Crippen molar-refractivity contribution in [2.75, 3.05) is 19.1 Å². The largest absolute Gasteiger partial charge is 0.494 e. The lowest BCUT2D eigenvalue weighted by atomic mass is 10.2. The molecule has 2 rings (SSSR count). The number of rotatable bonds is 4. The van der Waals surface area contributed by atoms with Crippen LogP contribution in [-0.4, -0.2) is 19.1 Å². The van der Waals surface area contributed by atoms with Crippen LogP contribution in [0.2, 0.25) is 0 Å². The van der Waals surface area contributed by atoms with Crippen LogP contribution in [0.15, 0.2) is 34.9 Å². The van der Waals surface area contributed by atoms with E-state index < -0.39 is 0 Å². The van der Waals surface area contributed by atoms with Crippen LogP contribution in [0.1, 0.15) is 11.1 Å². The molecule has 2 aromatic rings. The number of hydrogen-bond donors (Lipinski definition) is 0. The van der Waals surface area contributed by atoms with Crippen LogP contribution in [0.5, 0.6) is 5.75 Å². The summed E-state index contributed by atoms with van der Waals surface area (Å²) >= 11 is 3.39. The summed E-state index contributed by atoms with van der Waals surface area (Å²) in [6, 6.07) is 6.99. The first-order valence-corrected chi connectivity index (χ1v) is 6.96. The Kier molecular flexibility index (Phi) is 4.60. The summed E-state index contributed by atoms with van der Waals surface area (Å²) < 4.78 is 19.5. The summed E-state index contributed by atoms with van der Waals surface area (Å²) in [6.45, 7) is 2.58. The third-order valence-electron chi connectivity index (χ3n) is 3.01. The summed E-state index contributed by atoms with van der Waals surface area (Å²) in [6.07, 6.45) is 1.76. The zero-order valence-corrected chi connectivity index (χ0v) is 13.2. The van der Waals surface area contributed by atoms with Crippen molar-refractivity contribution in [2.45, 2.75) is 13.5 Å². The number of halogens is 2. The maximum absolute atomic E-state index is 13.7. The molecule has 0 unspecified atom stereocenters. The van der Waals surface area contributed by atoms with Gasteiger partial charge in [-0.3, -0.25) is 0 Å². The molecule has 3 nitrogen and oxygen atoms in total. The molecule has 0 spiro atoms. The van der Waals surface area contributed by atoms with E-state index in [1.165, 1.54) is 13.2 Å². The van der Waals surface area contributed by atoms with Crippen LogP contribution < -0.4 is 9.64 Å². The minimum Gasteiger partial charge on any atom is -0.494 e. The van der Waals surface area contributed by atoms with Gasteiger partial charge < -0.3 is 9.64 Å². The van der Waals surface area contributed by atoms with Crippen molar-refractivity contribution in [3.63, 3.8) is 0 Å². The van der Waals surface area contributed by atoms with E-state index in [0.29, 0.717) is 6.54 Å². The van der Waals surface area contributed by atoms with Crippen LogP contribution in [0, 0.1) is 12.7 Å². The van der Waals surface area contributed by atoms with Crippen molar-refractivity contribution < 1.29 is 9.13 Å². The van der Waals surface area contributed by atoms with Gasteiger partial charge >= 0.3 is 0 Å². The van der Waals surface area contributed by atoms with Gasteiger partial charge in [0.2, 0.25) is 0 Å². The van der Waals surface area contributed by atoms with Gasteiger partial charge in [0.1, 0.15) is 5.82 Å². The van der Waals surface area contributed by atoms with Crippen LogP contribution in [0.4, 0.5) is 10.2 Å². The van der Waals surface area contributed by atoms with E-state index in [1.54, 1.807) is 12.3 Å². The lowest BCUT2D eigenvalue weighted by Gasteiger charge is -2.20. The quantitative estimate of drug-likeness (QED) is 0.844. The molecule has 0 saturated carbocycles. The first kappa shape index (κ1) is 14.8. The molecule has 20 heavy (non-hydrogen) atoms. The van der Waals surface area contributed by atoms with Gasteiger partial charge in [-0.2, -0.15) is 0 Å². The van der Waals surface area contributed by atoms with Gasteiger partial charge in [-0.15, -0.1) is 0 Å². The molecule has 0 atom stereocenters. The molecule has 0 amide bonds. The Balaban J connectivity index is 2.18. The topological polar surface area (TPSA) is 25.4 Å². The number of aromatic nitrogens is 1. The number of anilines is 1. The predicted molar refractivity (Wildman–Crippen MR) is 81.7 cm³/mol. The van der Waals surface area contributed by atoms with Gasteiger partial charge in [0.05, 0.1) is 7.11 Å². The molecular formula is C15H16BrFN2O. The molecule has 0 radical (unpaired) electrons. The second-order valence-electron chi connectivity index (χ2n) is 4.62. The third kappa shape index (κ3) is 3.28. The number of ether oxygens (including phenoxy) is 1. The molecule has 0 fully saturated rings. The smallest absolute Gasteiger partial charge is 0.165 e. The van der Waals surface area contributed by atoms with Gasteiger partial charge in [-0.05, 0) is 52.2 Å². The standard InChI is InChI=1S/C15H16BrFN2O/c1-10-6-12(16)8-18-15(10)19(2)9-11-4-5-14(20-3)13(17)7-11/h4-8H,9H2,1-3H3. The van der Waals surface area contributed by atoms with E-state index in [9.17, 15) is 4.39 Å². The Bertz CT molecular complexity index is 619. The lowest BCUT2D eigenvalue weighted by molar-refractivity contribution is 0.386. The monoisotopic (exact) mass is 338 g/mol. The van der Waals surface area contributed by atoms with Crippen LogP contribution in [0.3, 0.4) is 0 Å². The molecule has 1 heterocycles. The maximum atomic E-state index is 13.7. The first-order valence-electron chi connectivity index (χ1n) is 6.17. The predicted octanol–water partition coefficient (Wildman–Crippen LogP) is 3.94. The number of hydrogen-bond acceptors (Lipinski definition) is 3. The Morgan fingerprint density at radius 3 is 2.70 bits per heavy atom. The van der Waals surface area contributed by atoms with Gasteiger partial charge in [-0.1, -0.05) is 6.07 Å². The van der Waals surface area contributed by atoms with E-state index in [-0.39, 0.29) is 11.6 Å². The summed E-state index contributed by atoms with van der Waals surface area (Å²) in [5.41, 5.74) is 1.94. The fourth-order valence-corrected chi connectivity index (χ4v) is 2.54. The van der Waals surface area contributed by atoms with Crippen molar-refractivity contribution in [1.29, 1.82) is 0 Å². The number of benzene rings is 1. The highest BCUT2D eigenvalue weighted by Gasteiger charge is 2.09. The second kappa shape index (κ2) is 6.22. The van der Waals surface area contributed by atoms with Crippen LogP contribution in [0.25, 0.3) is 0 Å². The highest BCUT2D eigenvalue weighted by atomic mass is 79.9. The Morgan fingerprint density at radius 2 is 2.10 bits per heavy atom. The fourth-order valence-electron chi connectivity index (χ4n) is 2.09. The third-order valence-corrected chi connectivity index (χ3v) is 3.45. The molecule has 0 aliphatic carbocycles.